The highest BCUT2D eigenvalue weighted by atomic mass is 16.4. The Labute approximate surface area is 113 Å². The van der Waals surface area contributed by atoms with Gasteiger partial charge in [0.15, 0.2) is 5.82 Å². The molecule has 0 amide bonds. The Morgan fingerprint density at radius 1 is 1.47 bits per heavy atom. The van der Waals surface area contributed by atoms with E-state index in [1.54, 1.807) is 0 Å². The summed E-state index contributed by atoms with van der Waals surface area (Å²) in [6.07, 6.45) is 5.08. The number of aliphatic carboxylic acids is 1. The van der Waals surface area contributed by atoms with E-state index in [0.717, 1.165) is 43.7 Å². The van der Waals surface area contributed by atoms with Crippen molar-refractivity contribution in [2.45, 2.75) is 51.5 Å². The molecule has 1 aromatic rings. The van der Waals surface area contributed by atoms with Gasteiger partial charge in [-0.25, -0.2) is 0 Å². The quantitative estimate of drug-likeness (QED) is 0.852. The third-order valence-electron chi connectivity index (χ3n) is 3.57. The molecule has 0 spiro atoms. The zero-order valence-electron chi connectivity index (χ0n) is 11.4. The maximum absolute atomic E-state index is 10.7. The molecule has 5 heteroatoms. The summed E-state index contributed by atoms with van der Waals surface area (Å²) in [6.45, 7) is 3.07. The summed E-state index contributed by atoms with van der Waals surface area (Å²) < 4.78 is 0. The van der Waals surface area contributed by atoms with Crippen molar-refractivity contribution in [2.24, 2.45) is 0 Å². The average Bonchev–Trinajstić information content (AvgIpc) is 2.86. The minimum atomic E-state index is -0.726. The maximum Gasteiger partial charge on any atom is 0.303 e. The van der Waals surface area contributed by atoms with Gasteiger partial charge in [-0.3, -0.25) is 4.79 Å². The molecule has 19 heavy (non-hydrogen) atoms. The SMILES string of the molecule is CCCc1ccc(N2CCCC2CCC(=O)O)nn1. The number of carboxylic acid groups (broad SMARTS) is 1. The van der Waals surface area contributed by atoms with Gasteiger partial charge in [-0.05, 0) is 37.8 Å². The first-order chi connectivity index (χ1) is 9.20. The monoisotopic (exact) mass is 263 g/mol. The standard InChI is InChI=1S/C14H21N3O2/c1-2-4-11-6-8-13(16-15-11)17-10-3-5-12(17)7-9-14(18)19/h6,8,12H,2-5,7,9-10H2,1H3,(H,18,19). The predicted molar refractivity (Wildman–Crippen MR) is 73.3 cm³/mol. The Balaban J connectivity index is 2.00. The fraction of sp³-hybridized carbons (Fsp3) is 0.643. The van der Waals surface area contributed by atoms with Gasteiger partial charge in [-0.2, -0.15) is 5.10 Å². The van der Waals surface area contributed by atoms with Crippen molar-refractivity contribution in [2.75, 3.05) is 11.4 Å². The summed E-state index contributed by atoms with van der Waals surface area (Å²) in [6, 6.07) is 4.33. The Bertz CT molecular complexity index is 419. The second-order valence-electron chi connectivity index (χ2n) is 5.05. The number of hydrogen-bond donors (Lipinski definition) is 1. The Kier molecular flexibility index (Phi) is 4.71. The molecule has 1 aromatic heterocycles. The van der Waals surface area contributed by atoms with E-state index in [1.165, 1.54) is 0 Å². The van der Waals surface area contributed by atoms with Crippen LogP contribution < -0.4 is 4.90 Å². The molecule has 1 aliphatic heterocycles. The first kappa shape index (κ1) is 13.8. The molecule has 104 valence electrons. The first-order valence-corrected chi connectivity index (χ1v) is 7.01. The molecular formula is C14H21N3O2. The highest BCUT2D eigenvalue weighted by Gasteiger charge is 2.26. The first-order valence-electron chi connectivity index (χ1n) is 7.01. The summed E-state index contributed by atoms with van der Waals surface area (Å²) >= 11 is 0. The maximum atomic E-state index is 10.7. The molecule has 2 heterocycles. The number of carbonyl (C=O) groups is 1. The van der Waals surface area contributed by atoms with Crippen LogP contribution in [0.4, 0.5) is 5.82 Å². The van der Waals surface area contributed by atoms with E-state index in [4.69, 9.17) is 5.11 Å². The van der Waals surface area contributed by atoms with Crippen LogP contribution in [0.15, 0.2) is 12.1 Å². The molecule has 0 aromatic carbocycles. The number of aryl methyl sites for hydroxylation is 1. The minimum absolute atomic E-state index is 0.225. The molecule has 1 aliphatic rings. The van der Waals surface area contributed by atoms with E-state index in [-0.39, 0.29) is 6.42 Å². The molecule has 1 unspecified atom stereocenters. The molecule has 1 N–H and O–H groups in total. The number of hydrogen-bond acceptors (Lipinski definition) is 4. The molecule has 0 bridgehead atoms. The van der Waals surface area contributed by atoms with E-state index in [1.807, 2.05) is 12.1 Å². The van der Waals surface area contributed by atoms with Crippen LogP contribution in [0.1, 0.15) is 44.7 Å². The van der Waals surface area contributed by atoms with Crippen molar-refractivity contribution in [3.8, 4) is 0 Å². The molecule has 1 atom stereocenters. The van der Waals surface area contributed by atoms with Gasteiger partial charge in [-0.1, -0.05) is 13.3 Å². The number of anilines is 1. The van der Waals surface area contributed by atoms with E-state index in [0.29, 0.717) is 12.5 Å². The molecule has 0 saturated carbocycles. The predicted octanol–water partition coefficient (Wildman–Crippen LogP) is 2.26. The summed E-state index contributed by atoms with van der Waals surface area (Å²) in [7, 11) is 0. The van der Waals surface area contributed by atoms with Crippen LogP contribution in [-0.4, -0.2) is 33.9 Å². The van der Waals surface area contributed by atoms with Crippen molar-refractivity contribution in [1.29, 1.82) is 0 Å². The lowest BCUT2D eigenvalue weighted by molar-refractivity contribution is -0.137. The van der Waals surface area contributed by atoms with E-state index >= 15 is 0 Å². The lowest BCUT2D eigenvalue weighted by atomic mass is 10.1. The third-order valence-corrected chi connectivity index (χ3v) is 3.57. The van der Waals surface area contributed by atoms with Gasteiger partial charge in [0.05, 0.1) is 5.69 Å². The van der Waals surface area contributed by atoms with Crippen molar-refractivity contribution in [1.82, 2.24) is 10.2 Å². The van der Waals surface area contributed by atoms with Gasteiger partial charge in [0, 0.05) is 19.0 Å². The molecule has 0 aliphatic carbocycles. The molecule has 0 radical (unpaired) electrons. The zero-order valence-corrected chi connectivity index (χ0v) is 11.4. The second kappa shape index (κ2) is 6.50. The summed E-state index contributed by atoms with van der Waals surface area (Å²) in [5, 5.41) is 17.3. The van der Waals surface area contributed by atoms with Crippen LogP contribution in [0.2, 0.25) is 0 Å². The lowest BCUT2D eigenvalue weighted by Gasteiger charge is -2.24. The lowest BCUT2D eigenvalue weighted by Crippen LogP contribution is -2.30. The van der Waals surface area contributed by atoms with Crippen LogP contribution in [0.5, 0.6) is 0 Å². The van der Waals surface area contributed by atoms with Crippen molar-refractivity contribution >= 4 is 11.8 Å². The average molecular weight is 263 g/mol. The van der Waals surface area contributed by atoms with Crippen LogP contribution >= 0.6 is 0 Å². The van der Waals surface area contributed by atoms with Crippen molar-refractivity contribution in [3.63, 3.8) is 0 Å². The van der Waals surface area contributed by atoms with Gasteiger partial charge < -0.3 is 10.0 Å². The smallest absolute Gasteiger partial charge is 0.303 e. The Morgan fingerprint density at radius 3 is 2.95 bits per heavy atom. The van der Waals surface area contributed by atoms with Crippen LogP contribution in [0.25, 0.3) is 0 Å². The zero-order chi connectivity index (χ0) is 13.7. The number of rotatable bonds is 6. The fourth-order valence-electron chi connectivity index (χ4n) is 2.62. The highest BCUT2D eigenvalue weighted by molar-refractivity contribution is 5.66. The molecular weight excluding hydrogens is 242 g/mol. The number of nitrogens with zero attached hydrogens (tertiary/aromatic N) is 3. The van der Waals surface area contributed by atoms with E-state index in [9.17, 15) is 4.79 Å². The molecule has 1 saturated heterocycles. The molecule has 5 nitrogen and oxygen atoms in total. The summed E-state index contributed by atoms with van der Waals surface area (Å²) in [5.41, 5.74) is 1.02. The highest BCUT2D eigenvalue weighted by Crippen LogP contribution is 2.26. The normalized spacial score (nSPS) is 18.8. The Hall–Kier alpha value is -1.65. The third kappa shape index (κ3) is 3.66. The van der Waals surface area contributed by atoms with Crippen LogP contribution in [0.3, 0.4) is 0 Å². The van der Waals surface area contributed by atoms with Gasteiger partial charge in [0.2, 0.25) is 0 Å². The molecule has 2 rings (SSSR count). The summed E-state index contributed by atoms with van der Waals surface area (Å²) in [5.74, 6) is 0.156. The number of carboxylic acids is 1. The van der Waals surface area contributed by atoms with Crippen LogP contribution in [-0.2, 0) is 11.2 Å². The molecule has 1 fully saturated rings. The van der Waals surface area contributed by atoms with Crippen molar-refractivity contribution in [3.05, 3.63) is 17.8 Å². The van der Waals surface area contributed by atoms with Gasteiger partial charge in [0.25, 0.3) is 0 Å². The topological polar surface area (TPSA) is 66.3 Å². The summed E-state index contributed by atoms with van der Waals surface area (Å²) in [4.78, 5) is 12.9. The van der Waals surface area contributed by atoms with Gasteiger partial charge >= 0.3 is 5.97 Å². The second-order valence-corrected chi connectivity index (χ2v) is 5.05. The van der Waals surface area contributed by atoms with E-state index < -0.39 is 5.97 Å². The van der Waals surface area contributed by atoms with Crippen molar-refractivity contribution < 1.29 is 9.90 Å². The minimum Gasteiger partial charge on any atom is -0.481 e. The van der Waals surface area contributed by atoms with Gasteiger partial charge in [0.1, 0.15) is 0 Å². The van der Waals surface area contributed by atoms with Gasteiger partial charge in [-0.15, -0.1) is 5.10 Å². The Morgan fingerprint density at radius 2 is 2.32 bits per heavy atom. The largest absolute Gasteiger partial charge is 0.481 e. The number of aromatic nitrogens is 2. The van der Waals surface area contributed by atoms with E-state index in [2.05, 4.69) is 22.0 Å². The fourth-order valence-corrected chi connectivity index (χ4v) is 2.62. The van der Waals surface area contributed by atoms with Crippen LogP contribution in [0, 0.1) is 0 Å².